The minimum atomic E-state index is -0.749. The molecule has 0 spiro atoms. The molecule has 8 heteroatoms. The molecule has 1 amide bonds. The summed E-state index contributed by atoms with van der Waals surface area (Å²) in [6.07, 6.45) is -0.749. The molecule has 0 saturated carbocycles. The van der Waals surface area contributed by atoms with Gasteiger partial charge < -0.3 is 10.1 Å². The Labute approximate surface area is 102 Å². The van der Waals surface area contributed by atoms with Crippen LogP contribution in [0.3, 0.4) is 0 Å². The largest absolute Gasteiger partial charge is 0.453 e. The van der Waals surface area contributed by atoms with Gasteiger partial charge in [-0.1, -0.05) is 12.1 Å². The maximum absolute atomic E-state index is 10.8. The summed E-state index contributed by atoms with van der Waals surface area (Å²) in [4.78, 5) is 21.0. The lowest BCUT2D eigenvalue weighted by atomic mass is 10.3. The molecule has 90 valence electrons. The van der Waals surface area contributed by atoms with Gasteiger partial charge in [0, 0.05) is 6.07 Å². The minimum absolute atomic E-state index is 0.0776. The van der Waals surface area contributed by atoms with E-state index in [1.807, 2.05) is 0 Å². The SMILES string of the molecule is COC(=O)NC(=S)Nc1ccccc1[N+](=O)[O-]. The van der Waals surface area contributed by atoms with Crippen LogP contribution in [0.25, 0.3) is 0 Å². The first-order valence-electron chi connectivity index (χ1n) is 4.44. The normalized spacial score (nSPS) is 9.24. The highest BCUT2D eigenvalue weighted by molar-refractivity contribution is 7.80. The number of amides is 1. The van der Waals surface area contributed by atoms with Gasteiger partial charge in [0.15, 0.2) is 5.11 Å². The third-order valence-electron chi connectivity index (χ3n) is 1.75. The Kier molecular flexibility index (Phi) is 4.35. The van der Waals surface area contributed by atoms with Crippen molar-refractivity contribution in [2.24, 2.45) is 0 Å². The maximum atomic E-state index is 10.8. The zero-order valence-corrected chi connectivity index (χ0v) is 9.61. The molecule has 0 heterocycles. The van der Waals surface area contributed by atoms with E-state index in [4.69, 9.17) is 12.2 Å². The van der Waals surface area contributed by atoms with E-state index in [1.165, 1.54) is 25.3 Å². The Morgan fingerprint density at radius 1 is 1.47 bits per heavy atom. The van der Waals surface area contributed by atoms with Crippen molar-refractivity contribution in [2.45, 2.75) is 0 Å². The van der Waals surface area contributed by atoms with Gasteiger partial charge in [0.2, 0.25) is 0 Å². The van der Waals surface area contributed by atoms with Crippen molar-refractivity contribution < 1.29 is 14.5 Å². The minimum Gasteiger partial charge on any atom is -0.453 e. The summed E-state index contributed by atoms with van der Waals surface area (Å²) in [5.41, 5.74) is 0.0559. The van der Waals surface area contributed by atoms with Gasteiger partial charge in [-0.25, -0.2) is 4.79 Å². The topological polar surface area (TPSA) is 93.5 Å². The van der Waals surface area contributed by atoms with E-state index in [1.54, 1.807) is 6.07 Å². The van der Waals surface area contributed by atoms with E-state index in [0.29, 0.717) is 0 Å². The molecular weight excluding hydrogens is 246 g/mol. The molecule has 1 aromatic carbocycles. The third-order valence-corrected chi connectivity index (χ3v) is 1.95. The fourth-order valence-corrected chi connectivity index (χ4v) is 1.23. The van der Waals surface area contributed by atoms with Crippen molar-refractivity contribution in [3.63, 3.8) is 0 Å². The number of hydrogen-bond acceptors (Lipinski definition) is 5. The highest BCUT2D eigenvalue weighted by Crippen LogP contribution is 2.22. The Morgan fingerprint density at radius 2 is 2.12 bits per heavy atom. The second kappa shape index (κ2) is 5.75. The Balaban J connectivity index is 2.78. The van der Waals surface area contributed by atoms with Crippen LogP contribution in [0.5, 0.6) is 0 Å². The molecule has 0 bridgehead atoms. The molecule has 17 heavy (non-hydrogen) atoms. The summed E-state index contributed by atoms with van der Waals surface area (Å²) in [6.45, 7) is 0. The van der Waals surface area contributed by atoms with Gasteiger partial charge in [0.05, 0.1) is 12.0 Å². The number of nitrogens with one attached hydrogen (secondary N) is 2. The second-order valence-corrected chi connectivity index (χ2v) is 3.25. The van der Waals surface area contributed by atoms with Gasteiger partial charge in [-0.15, -0.1) is 0 Å². The predicted octanol–water partition coefficient (Wildman–Crippen LogP) is 1.65. The summed E-state index contributed by atoms with van der Waals surface area (Å²) in [5.74, 6) is 0. The zero-order valence-electron chi connectivity index (χ0n) is 8.80. The molecular formula is C9H9N3O4S. The number of carbonyl (C=O) groups is 1. The Morgan fingerprint density at radius 3 is 2.71 bits per heavy atom. The lowest BCUT2D eigenvalue weighted by Crippen LogP contribution is -2.34. The lowest BCUT2D eigenvalue weighted by molar-refractivity contribution is -0.383. The van der Waals surface area contributed by atoms with E-state index >= 15 is 0 Å². The van der Waals surface area contributed by atoms with Crippen LogP contribution in [-0.2, 0) is 4.74 Å². The molecule has 0 atom stereocenters. The van der Waals surface area contributed by atoms with Crippen LogP contribution in [0.4, 0.5) is 16.2 Å². The summed E-state index contributed by atoms with van der Waals surface area (Å²) in [7, 11) is 1.18. The van der Waals surface area contributed by atoms with Gasteiger partial charge in [0.1, 0.15) is 5.69 Å². The summed E-state index contributed by atoms with van der Waals surface area (Å²) >= 11 is 4.78. The van der Waals surface area contributed by atoms with Gasteiger partial charge in [0.25, 0.3) is 5.69 Å². The van der Waals surface area contributed by atoms with E-state index in [2.05, 4.69) is 15.4 Å². The van der Waals surface area contributed by atoms with E-state index in [-0.39, 0.29) is 16.5 Å². The first kappa shape index (κ1) is 12.8. The highest BCUT2D eigenvalue weighted by Gasteiger charge is 2.13. The number of rotatable bonds is 2. The maximum Gasteiger partial charge on any atom is 0.413 e. The Bertz CT molecular complexity index is 463. The molecule has 0 aliphatic heterocycles. The second-order valence-electron chi connectivity index (χ2n) is 2.84. The quantitative estimate of drug-likeness (QED) is 0.474. The number of hydrogen-bond donors (Lipinski definition) is 2. The number of anilines is 1. The van der Waals surface area contributed by atoms with Crippen LogP contribution < -0.4 is 10.6 Å². The molecule has 0 saturated heterocycles. The van der Waals surface area contributed by atoms with Crippen LogP contribution in [0.2, 0.25) is 0 Å². The Hall–Kier alpha value is -2.22. The lowest BCUT2D eigenvalue weighted by Gasteiger charge is -2.08. The number of nitro groups is 1. The number of alkyl carbamates (subject to hydrolysis) is 1. The number of benzene rings is 1. The number of para-hydroxylation sites is 2. The standard InChI is InChI=1S/C9H9N3O4S/c1-16-9(13)11-8(17)10-6-4-2-3-5-7(6)12(14)15/h2-5H,1H3,(H2,10,11,13,17). The smallest absolute Gasteiger partial charge is 0.413 e. The third kappa shape index (κ3) is 3.68. The molecule has 0 aliphatic rings. The number of thiocarbonyl (C=S) groups is 1. The number of methoxy groups -OCH3 is 1. The average Bonchev–Trinajstić information content (AvgIpc) is 2.29. The molecule has 7 nitrogen and oxygen atoms in total. The predicted molar refractivity (Wildman–Crippen MR) is 64.9 cm³/mol. The van der Waals surface area contributed by atoms with Crippen LogP contribution in [0.15, 0.2) is 24.3 Å². The van der Waals surface area contributed by atoms with Crippen molar-refractivity contribution in [3.05, 3.63) is 34.4 Å². The van der Waals surface area contributed by atoms with Gasteiger partial charge >= 0.3 is 6.09 Å². The van der Waals surface area contributed by atoms with Gasteiger partial charge in [-0.2, -0.15) is 0 Å². The summed E-state index contributed by atoms with van der Waals surface area (Å²) in [5, 5.41) is 15.3. The van der Waals surface area contributed by atoms with Crippen LogP contribution in [0, 0.1) is 10.1 Å². The van der Waals surface area contributed by atoms with Crippen molar-refractivity contribution >= 4 is 34.8 Å². The number of ether oxygens (including phenoxy) is 1. The van der Waals surface area contributed by atoms with Crippen molar-refractivity contribution in [3.8, 4) is 0 Å². The fourth-order valence-electron chi connectivity index (χ4n) is 1.04. The summed E-state index contributed by atoms with van der Waals surface area (Å²) < 4.78 is 4.32. The van der Waals surface area contributed by atoms with Crippen LogP contribution >= 0.6 is 12.2 Å². The van der Waals surface area contributed by atoms with E-state index < -0.39 is 11.0 Å². The highest BCUT2D eigenvalue weighted by atomic mass is 32.1. The fraction of sp³-hybridized carbons (Fsp3) is 0.111. The van der Waals surface area contributed by atoms with Crippen LogP contribution in [-0.4, -0.2) is 23.2 Å². The molecule has 0 unspecified atom stereocenters. The molecule has 0 aromatic heterocycles. The van der Waals surface area contributed by atoms with Crippen LogP contribution in [0.1, 0.15) is 0 Å². The molecule has 2 N–H and O–H groups in total. The molecule has 0 radical (unpaired) electrons. The molecule has 1 aromatic rings. The first-order chi connectivity index (χ1) is 8.04. The number of nitrogens with zero attached hydrogens (tertiary/aromatic N) is 1. The van der Waals surface area contributed by atoms with Crippen molar-refractivity contribution in [1.82, 2.24) is 5.32 Å². The number of nitro benzene ring substituents is 1. The molecule has 0 aliphatic carbocycles. The molecule has 1 rings (SSSR count). The first-order valence-corrected chi connectivity index (χ1v) is 4.84. The van der Waals surface area contributed by atoms with E-state index in [9.17, 15) is 14.9 Å². The summed E-state index contributed by atoms with van der Waals surface area (Å²) in [6, 6.07) is 5.93. The zero-order chi connectivity index (χ0) is 12.8. The van der Waals surface area contributed by atoms with E-state index in [0.717, 1.165) is 0 Å². The monoisotopic (exact) mass is 255 g/mol. The number of carbonyl (C=O) groups excluding carboxylic acids is 1. The average molecular weight is 255 g/mol. The van der Waals surface area contributed by atoms with Gasteiger partial charge in [-0.3, -0.25) is 15.4 Å². The van der Waals surface area contributed by atoms with Crippen molar-refractivity contribution in [1.29, 1.82) is 0 Å². The van der Waals surface area contributed by atoms with Gasteiger partial charge in [-0.05, 0) is 18.3 Å². The molecule has 0 fully saturated rings. The van der Waals surface area contributed by atoms with Crippen molar-refractivity contribution in [2.75, 3.05) is 12.4 Å².